The fourth-order valence-electron chi connectivity index (χ4n) is 7.81. The number of rotatable bonds is 29. The van der Waals surface area contributed by atoms with E-state index in [1.54, 1.807) is 5.48 Å². The lowest BCUT2D eigenvalue weighted by Crippen LogP contribution is -2.40. The van der Waals surface area contributed by atoms with Crippen LogP contribution in [0.3, 0.4) is 0 Å². The van der Waals surface area contributed by atoms with Gasteiger partial charge in [0.25, 0.3) is 0 Å². The number of benzene rings is 3. The molecule has 1 aliphatic rings. The van der Waals surface area contributed by atoms with Gasteiger partial charge in [-0.15, -0.1) is 0 Å². The zero-order chi connectivity index (χ0) is 41.2. The Labute approximate surface area is 349 Å². The van der Waals surface area contributed by atoms with Crippen LogP contribution in [0, 0.1) is 0 Å². The van der Waals surface area contributed by atoms with Gasteiger partial charge in [-0.25, -0.2) is 5.48 Å². The van der Waals surface area contributed by atoms with E-state index in [0.29, 0.717) is 25.8 Å². The number of nitrogens with zero attached hydrogens (tertiary/aromatic N) is 1. The van der Waals surface area contributed by atoms with Gasteiger partial charge in [-0.3, -0.25) is 14.8 Å². The van der Waals surface area contributed by atoms with E-state index >= 15 is 0 Å². The Hall–Kier alpha value is -3.60. The molecule has 58 heavy (non-hydrogen) atoms. The Balaban J connectivity index is 1.39. The SMILES string of the molecule is CCCCCCCCN(CCCCCCCC)CC1CC(c2ccc(CO)cc2)OC(c2ccc(-c3cccc(CNC(=O)CCCCCCC(=O)NO)c3)cc2)O1. The molecule has 1 heterocycles. The number of hydrogen-bond donors (Lipinski definition) is 4. The summed E-state index contributed by atoms with van der Waals surface area (Å²) >= 11 is 0. The molecule has 3 aromatic carbocycles. The summed E-state index contributed by atoms with van der Waals surface area (Å²) in [4.78, 5) is 26.3. The van der Waals surface area contributed by atoms with E-state index < -0.39 is 6.29 Å². The molecule has 0 saturated carbocycles. The summed E-state index contributed by atoms with van der Waals surface area (Å²) in [5.74, 6) is -0.355. The van der Waals surface area contributed by atoms with Crippen molar-refractivity contribution in [2.24, 2.45) is 0 Å². The first-order valence-electron chi connectivity index (χ1n) is 22.5. The molecule has 9 nitrogen and oxygen atoms in total. The molecule has 1 aliphatic heterocycles. The van der Waals surface area contributed by atoms with Gasteiger partial charge in [0.05, 0.1) is 18.8 Å². The Kier molecular flexibility index (Phi) is 22.7. The van der Waals surface area contributed by atoms with E-state index in [4.69, 9.17) is 14.7 Å². The highest BCUT2D eigenvalue weighted by molar-refractivity contribution is 5.76. The predicted octanol–water partition coefficient (Wildman–Crippen LogP) is 10.9. The van der Waals surface area contributed by atoms with E-state index in [2.05, 4.69) is 72.6 Å². The molecule has 0 spiro atoms. The van der Waals surface area contributed by atoms with Crippen LogP contribution in [0.1, 0.15) is 170 Å². The van der Waals surface area contributed by atoms with Crippen LogP contribution >= 0.6 is 0 Å². The number of unbranched alkanes of at least 4 members (excludes halogenated alkanes) is 13. The number of amides is 2. The quantitative estimate of drug-likeness (QED) is 0.0313. The number of carbonyl (C=O) groups excluding carboxylic acids is 2. The minimum atomic E-state index is -0.498. The molecule has 2 amide bonds. The molecule has 4 N–H and O–H groups in total. The largest absolute Gasteiger partial charge is 0.392 e. The molecule has 3 aromatic rings. The van der Waals surface area contributed by atoms with Gasteiger partial charge in [-0.2, -0.15) is 0 Å². The molecule has 0 aliphatic carbocycles. The van der Waals surface area contributed by atoms with Crippen molar-refractivity contribution in [2.75, 3.05) is 19.6 Å². The average Bonchev–Trinajstić information content (AvgIpc) is 3.26. The average molecular weight is 800 g/mol. The Morgan fingerprint density at radius 1 is 0.655 bits per heavy atom. The van der Waals surface area contributed by atoms with Crippen molar-refractivity contribution in [1.82, 2.24) is 15.7 Å². The normalized spacial score (nSPS) is 16.7. The van der Waals surface area contributed by atoms with Crippen molar-refractivity contribution in [3.63, 3.8) is 0 Å². The van der Waals surface area contributed by atoms with E-state index in [1.807, 2.05) is 24.3 Å². The van der Waals surface area contributed by atoms with Crippen LogP contribution in [0.2, 0.25) is 0 Å². The van der Waals surface area contributed by atoms with Crippen LogP contribution in [0.15, 0.2) is 72.8 Å². The second-order valence-electron chi connectivity index (χ2n) is 16.2. The van der Waals surface area contributed by atoms with Gasteiger partial charge < -0.3 is 24.8 Å². The summed E-state index contributed by atoms with van der Waals surface area (Å²) in [6.45, 7) is 8.13. The highest BCUT2D eigenvalue weighted by Gasteiger charge is 2.33. The van der Waals surface area contributed by atoms with Crippen LogP contribution in [-0.2, 0) is 32.2 Å². The van der Waals surface area contributed by atoms with Gasteiger partial charge in [0.1, 0.15) is 0 Å². The molecule has 0 aromatic heterocycles. The first kappa shape index (κ1) is 47.1. The third-order valence-corrected chi connectivity index (χ3v) is 11.3. The molecule has 4 rings (SSSR count). The summed E-state index contributed by atoms with van der Waals surface area (Å²) in [5.41, 5.74) is 7.84. The Bertz CT molecular complexity index is 1550. The molecule has 3 unspecified atom stereocenters. The van der Waals surface area contributed by atoms with Gasteiger partial charge in [-0.05, 0) is 72.7 Å². The zero-order valence-electron chi connectivity index (χ0n) is 35.6. The lowest BCUT2D eigenvalue weighted by atomic mass is 9.98. The van der Waals surface area contributed by atoms with E-state index in [0.717, 1.165) is 78.7 Å². The predicted molar refractivity (Wildman–Crippen MR) is 233 cm³/mol. The fraction of sp³-hybridized carbons (Fsp3) is 0.592. The van der Waals surface area contributed by atoms with Gasteiger partial charge in [-0.1, -0.05) is 158 Å². The molecule has 1 fully saturated rings. The number of ether oxygens (including phenoxy) is 2. The third-order valence-electron chi connectivity index (χ3n) is 11.3. The number of aliphatic hydroxyl groups excluding tert-OH is 1. The van der Waals surface area contributed by atoms with Gasteiger partial charge >= 0.3 is 0 Å². The summed E-state index contributed by atoms with van der Waals surface area (Å²) in [6, 6.07) is 24.9. The van der Waals surface area contributed by atoms with E-state index in [-0.39, 0.29) is 30.6 Å². The summed E-state index contributed by atoms with van der Waals surface area (Å²) in [6.07, 6.45) is 19.6. The minimum absolute atomic E-state index is 0.0178. The Morgan fingerprint density at radius 2 is 1.24 bits per heavy atom. The van der Waals surface area contributed by atoms with Crippen molar-refractivity contribution in [3.8, 4) is 11.1 Å². The second-order valence-corrected chi connectivity index (χ2v) is 16.2. The number of carbonyl (C=O) groups is 2. The summed E-state index contributed by atoms with van der Waals surface area (Å²) < 4.78 is 13.6. The van der Waals surface area contributed by atoms with Crippen LogP contribution in [0.5, 0.6) is 0 Å². The molecule has 3 atom stereocenters. The maximum absolute atomic E-state index is 12.5. The number of nitrogens with one attached hydrogen (secondary N) is 2. The maximum Gasteiger partial charge on any atom is 0.243 e. The molecule has 320 valence electrons. The van der Waals surface area contributed by atoms with Crippen LogP contribution in [-0.4, -0.2) is 52.8 Å². The molecule has 0 radical (unpaired) electrons. The van der Waals surface area contributed by atoms with Crippen molar-refractivity contribution in [3.05, 3.63) is 95.1 Å². The number of hydrogen-bond acceptors (Lipinski definition) is 7. The van der Waals surface area contributed by atoms with Crippen LogP contribution in [0.25, 0.3) is 11.1 Å². The summed E-state index contributed by atoms with van der Waals surface area (Å²) in [5, 5.41) is 21.3. The number of aliphatic hydroxyl groups is 1. The Morgan fingerprint density at radius 3 is 1.86 bits per heavy atom. The third kappa shape index (κ3) is 17.7. The monoisotopic (exact) mass is 800 g/mol. The lowest BCUT2D eigenvalue weighted by Gasteiger charge is -2.38. The highest BCUT2D eigenvalue weighted by Crippen LogP contribution is 2.39. The number of hydroxylamine groups is 1. The minimum Gasteiger partial charge on any atom is -0.392 e. The van der Waals surface area contributed by atoms with Gasteiger partial charge in [0.2, 0.25) is 11.8 Å². The molecular formula is C49H73N3O6. The molecule has 9 heteroatoms. The van der Waals surface area contributed by atoms with Crippen molar-refractivity contribution in [2.45, 2.75) is 167 Å². The van der Waals surface area contributed by atoms with E-state index in [1.165, 1.54) is 77.0 Å². The standard InChI is InChI=1S/C49H73N3O6/c1-3-5-7-9-13-17-32-52(33-18-14-10-8-6-4-2)37-45-35-46(42-26-24-39(38-53)25-27-42)58-49(57-45)43-30-28-41(29-31-43)44-21-19-20-40(34-44)36-50-47(54)22-15-11-12-16-23-48(55)51-56/h19-21,24-31,34,45-46,49,53,56H,3-18,22-23,32-33,35-38H2,1-2H3,(H,50,54)(H,51,55). The molecular weight excluding hydrogens is 727 g/mol. The van der Waals surface area contributed by atoms with Crippen LogP contribution < -0.4 is 10.8 Å². The lowest BCUT2D eigenvalue weighted by molar-refractivity contribution is -0.253. The first-order valence-corrected chi connectivity index (χ1v) is 22.5. The van der Waals surface area contributed by atoms with Gasteiger partial charge in [0.15, 0.2) is 6.29 Å². The molecule has 0 bridgehead atoms. The van der Waals surface area contributed by atoms with Crippen molar-refractivity contribution in [1.29, 1.82) is 0 Å². The smallest absolute Gasteiger partial charge is 0.243 e. The van der Waals surface area contributed by atoms with E-state index in [9.17, 15) is 14.7 Å². The maximum atomic E-state index is 12.5. The highest BCUT2D eigenvalue weighted by atomic mass is 16.7. The van der Waals surface area contributed by atoms with Gasteiger partial charge in [0, 0.05) is 37.9 Å². The first-order chi connectivity index (χ1) is 28.4. The van der Waals surface area contributed by atoms with Crippen LogP contribution in [0.4, 0.5) is 0 Å². The second kappa shape index (κ2) is 28.0. The van der Waals surface area contributed by atoms with Crippen molar-refractivity contribution < 1.29 is 29.4 Å². The zero-order valence-corrected chi connectivity index (χ0v) is 35.6. The topological polar surface area (TPSA) is 120 Å². The summed E-state index contributed by atoms with van der Waals surface area (Å²) in [7, 11) is 0. The fourth-order valence-corrected chi connectivity index (χ4v) is 7.81. The van der Waals surface area contributed by atoms with Crippen molar-refractivity contribution >= 4 is 11.8 Å². The molecule has 1 saturated heterocycles.